The number of hydrogen-bond acceptors (Lipinski definition) is 2. The van der Waals surface area contributed by atoms with Crippen molar-refractivity contribution in [1.29, 1.82) is 0 Å². The third kappa shape index (κ3) is 7.16. The predicted octanol–water partition coefficient (Wildman–Crippen LogP) is 13.0. The Labute approximate surface area is 291 Å². The topological polar surface area (TPSA) is 6.48 Å². The summed E-state index contributed by atoms with van der Waals surface area (Å²) in [6, 6.07) is 44.7. The van der Waals surface area contributed by atoms with Gasteiger partial charge in [0, 0.05) is 33.7 Å². The van der Waals surface area contributed by atoms with E-state index < -0.39 is 0 Å². The minimum atomic E-state index is 0.961. The Morgan fingerprint density at radius 1 is 0.694 bits per heavy atom. The number of rotatable bonds is 11. The standard InChI is InChI=1S/C47H40N2/c1-5-8-27-44(36(4)6-2)46(7-3)48(40-22-11-9-12-23-40)43-34-31-38(32-35-43)37-20-17-26-42(33-30-37)49(41-24-13-10-14-25-41)47-29-18-21-39-19-15-16-28-45(39)47/h5-25,27-35H,1-2H2,3-4H3/b27-8-,44-36-,46-7+. The van der Waals surface area contributed by atoms with E-state index in [4.69, 9.17) is 0 Å². The van der Waals surface area contributed by atoms with E-state index in [1.54, 1.807) is 6.08 Å². The fourth-order valence-electron chi connectivity index (χ4n) is 6.11. The Balaban J connectivity index is 1.35. The molecule has 1 aliphatic rings. The Kier molecular flexibility index (Phi) is 10.3. The molecule has 2 nitrogen and oxygen atoms in total. The molecule has 0 saturated heterocycles. The fourth-order valence-corrected chi connectivity index (χ4v) is 6.11. The van der Waals surface area contributed by atoms with E-state index in [0.717, 1.165) is 56.4 Å². The molecule has 238 valence electrons. The lowest BCUT2D eigenvalue weighted by Crippen LogP contribution is -2.18. The highest BCUT2D eigenvalue weighted by atomic mass is 15.2. The van der Waals surface area contributed by atoms with Gasteiger partial charge in [0.25, 0.3) is 0 Å². The number of hydrogen-bond donors (Lipinski definition) is 0. The van der Waals surface area contributed by atoms with Crippen LogP contribution in [-0.2, 0) is 0 Å². The molecule has 2 heteroatoms. The first-order valence-electron chi connectivity index (χ1n) is 16.6. The first-order valence-corrected chi connectivity index (χ1v) is 16.6. The van der Waals surface area contributed by atoms with Crippen LogP contribution in [0.5, 0.6) is 0 Å². The van der Waals surface area contributed by atoms with Crippen molar-refractivity contribution < 1.29 is 0 Å². The SMILES string of the molecule is C=C\C=C/C(=C(\C)C=C)C(=C\C)/N(c1ccccc1)c1ccc(C2=CC=C=C(N(c3ccccc3)c3cccc4ccccc34)C=C2)cc1. The molecule has 0 spiro atoms. The van der Waals surface area contributed by atoms with E-state index >= 15 is 0 Å². The second-order valence-corrected chi connectivity index (χ2v) is 11.6. The van der Waals surface area contributed by atoms with Crippen molar-refractivity contribution in [2.75, 3.05) is 9.80 Å². The molecule has 0 heterocycles. The van der Waals surface area contributed by atoms with Crippen LogP contribution in [0.4, 0.5) is 22.7 Å². The van der Waals surface area contributed by atoms with Crippen LogP contribution in [0.2, 0.25) is 0 Å². The molecular weight excluding hydrogens is 593 g/mol. The maximum atomic E-state index is 4.06. The largest absolute Gasteiger partial charge is 0.310 e. The van der Waals surface area contributed by atoms with E-state index in [1.165, 1.54) is 10.8 Å². The molecule has 1 aliphatic carbocycles. The molecule has 5 aromatic rings. The fraction of sp³-hybridized carbons (Fsp3) is 0.0426. The van der Waals surface area contributed by atoms with Gasteiger partial charge < -0.3 is 9.80 Å². The monoisotopic (exact) mass is 632 g/mol. The van der Waals surface area contributed by atoms with Gasteiger partial charge in [0.1, 0.15) is 0 Å². The summed E-state index contributed by atoms with van der Waals surface area (Å²) in [5.74, 6) is 0. The molecule has 49 heavy (non-hydrogen) atoms. The summed E-state index contributed by atoms with van der Waals surface area (Å²) in [4.78, 5) is 4.57. The summed E-state index contributed by atoms with van der Waals surface area (Å²) < 4.78 is 0. The quantitative estimate of drug-likeness (QED) is 0.106. The van der Waals surface area contributed by atoms with E-state index in [-0.39, 0.29) is 0 Å². The van der Waals surface area contributed by atoms with Gasteiger partial charge in [-0.05, 0) is 96.6 Å². The zero-order valence-corrected chi connectivity index (χ0v) is 28.1. The second kappa shape index (κ2) is 15.5. The average molecular weight is 633 g/mol. The lowest BCUT2D eigenvalue weighted by Gasteiger charge is -2.29. The molecule has 0 aromatic heterocycles. The molecule has 0 bridgehead atoms. The number of fused-ring (bicyclic) bond motifs is 1. The Hall–Kier alpha value is -6.34. The summed E-state index contributed by atoms with van der Waals surface area (Å²) in [6.45, 7) is 12.1. The van der Waals surface area contributed by atoms with E-state index in [2.05, 4.69) is 194 Å². The van der Waals surface area contributed by atoms with E-state index in [0.29, 0.717) is 0 Å². The number of anilines is 4. The summed E-state index contributed by atoms with van der Waals surface area (Å²) >= 11 is 0. The van der Waals surface area contributed by atoms with Gasteiger partial charge in [0.15, 0.2) is 0 Å². The van der Waals surface area contributed by atoms with Crippen LogP contribution in [0.3, 0.4) is 0 Å². The maximum absolute atomic E-state index is 4.06. The number of nitrogens with zero attached hydrogens (tertiary/aromatic N) is 2. The molecule has 0 atom stereocenters. The number of para-hydroxylation sites is 2. The number of allylic oxidation sites excluding steroid dienone is 10. The van der Waals surface area contributed by atoms with E-state index in [9.17, 15) is 0 Å². The van der Waals surface area contributed by atoms with Gasteiger partial charge in [-0.3, -0.25) is 0 Å². The van der Waals surface area contributed by atoms with Crippen molar-refractivity contribution in [2.45, 2.75) is 13.8 Å². The summed E-state index contributed by atoms with van der Waals surface area (Å²) in [5, 5.41) is 2.39. The minimum Gasteiger partial charge on any atom is -0.310 e. The zero-order chi connectivity index (χ0) is 34.0. The van der Waals surface area contributed by atoms with Gasteiger partial charge in [0.2, 0.25) is 0 Å². The predicted molar refractivity (Wildman–Crippen MR) is 212 cm³/mol. The lowest BCUT2D eigenvalue weighted by molar-refractivity contribution is 1.16. The van der Waals surface area contributed by atoms with Crippen LogP contribution in [0.25, 0.3) is 16.3 Å². The van der Waals surface area contributed by atoms with Crippen LogP contribution in [-0.4, -0.2) is 0 Å². The van der Waals surface area contributed by atoms with Crippen molar-refractivity contribution >= 4 is 39.1 Å². The first-order chi connectivity index (χ1) is 24.1. The molecule has 5 aromatic carbocycles. The molecule has 0 radical (unpaired) electrons. The second-order valence-electron chi connectivity index (χ2n) is 11.6. The molecule has 0 unspecified atom stereocenters. The highest BCUT2D eigenvalue weighted by molar-refractivity contribution is 5.97. The third-order valence-electron chi connectivity index (χ3n) is 8.57. The van der Waals surface area contributed by atoms with Crippen LogP contribution in [0, 0.1) is 0 Å². The normalized spacial score (nSPS) is 13.4. The Morgan fingerprint density at radius 2 is 1.35 bits per heavy atom. The van der Waals surface area contributed by atoms with Crippen molar-refractivity contribution in [3.63, 3.8) is 0 Å². The third-order valence-corrected chi connectivity index (χ3v) is 8.57. The van der Waals surface area contributed by atoms with E-state index in [1.807, 2.05) is 24.3 Å². The summed E-state index contributed by atoms with van der Waals surface area (Å²) in [6.07, 6.45) is 18.4. The molecule has 0 amide bonds. The Morgan fingerprint density at radius 3 is 2.04 bits per heavy atom. The molecule has 0 aliphatic heterocycles. The summed E-state index contributed by atoms with van der Waals surface area (Å²) in [5.41, 5.74) is 14.3. The average Bonchev–Trinajstić information content (AvgIpc) is 3.42. The van der Waals surface area contributed by atoms with Gasteiger partial charge in [-0.15, -0.1) is 0 Å². The molecule has 0 fully saturated rings. The smallest absolute Gasteiger partial charge is 0.0890 e. The van der Waals surface area contributed by atoms with Crippen LogP contribution < -0.4 is 9.80 Å². The molecular formula is C47H40N2. The van der Waals surface area contributed by atoms with Gasteiger partial charge in [-0.1, -0.05) is 140 Å². The molecule has 0 saturated carbocycles. The van der Waals surface area contributed by atoms with Gasteiger partial charge >= 0.3 is 0 Å². The van der Waals surface area contributed by atoms with Crippen LogP contribution in [0.1, 0.15) is 19.4 Å². The van der Waals surface area contributed by atoms with Gasteiger partial charge in [-0.2, -0.15) is 0 Å². The van der Waals surface area contributed by atoms with Crippen LogP contribution >= 0.6 is 0 Å². The van der Waals surface area contributed by atoms with Crippen molar-refractivity contribution in [3.05, 3.63) is 229 Å². The highest BCUT2D eigenvalue weighted by Gasteiger charge is 2.19. The summed E-state index contributed by atoms with van der Waals surface area (Å²) in [7, 11) is 0. The zero-order valence-electron chi connectivity index (χ0n) is 28.1. The minimum absolute atomic E-state index is 0.961. The molecule has 6 rings (SSSR count). The Bertz CT molecular complexity index is 2180. The number of benzene rings is 5. The van der Waals surface area contributed by atoms with Crippen molar-refractivity contribution in [3.8, 4) is 0 Å². The first kappa shape index (κ1) is 32.6. The maximum Gasteiger partial charge on any atom is 0.0890 e. The lowest BCUT2D eigenvalue weighted by atomic mass is 10.0. The molecule has 0 N–H and O–H groups in total. The highest BCUT2D eigenvalue weighted by Crippen LogP contribution is 2.38. The van der Waals surface area contributed by atoms with Crippen molar-refractivity contribution in [1.82, 2.24) is 0 Å². The van der Waals surface area contributed by atoms with Crippen LogP contribution in [0.15, 0.2) is 224 Å². The van der Waals surface area contributed by atoms with Gasteiger partial charge in [0.05, 0.1) is 11.4 Å². The van der Waals surface area contributed by atoms with Crippen molar-refractivity contribution in [2.24, 2.45) is 0 Å². The van der Waals surface area contributed by atoms with Gasteiger partial charge in [-0.25, -0.2) is 0 Å².